The van der Waals surface area contributed by atoms with Crippen LogP contribution in [0.2, 0.25) is 0 Å². The number of anilines is 1. The van der Waals surface area contributed by atoms with E-state index in [-0.39, 0.29) is 12.2 Å². The van der Waals surface area contributed by atoms with Gasteiger partial charge in [0, 0.05) is 11.3 Å². The molecule has 2 heterocycles. The van der Waals surface area contributed by atoms with Gasteiger partial charge >= 0.3 is 5.97 Å². The molecular weight excluding hydrogens is 258 g/mol. The molecule has 1 fully saturated rings. The third-order valence-electron chi connectivity index (χ3n) is 4.00. The fourth-order valence-corrected chi connectivity index (χ4v) is 3.01. The summed E-state index contributed by atoms with van der Waals surface area (Å²) in [6, 6.07) is 0. The zero-order valence-corrected chi connectivity index (χ0v) is 11.6. The molecule has 1 aliphatic carbocycles. The average Bonchev–Trinajstić information content (AvgIpc) is 2.41. The maximum atomic E-state index is 10.6. The molecule has 20 heavy (non-hydrogen) atoms. The molecule has 108 valence electrons. The van der Waals surface area contributed by atoms with Gasteiger partial charge in [-0.15, -0.1) is 0 Å². The van der Waals surface area contributed by atoms with Crippen molar-refractivity contribution in [2.45, 2.75) is 38.2 Å². The summed E-state index contributed by atoms with van der Waals surface area (Å²) in [5.41, 5.74) is 2.05. The number of aliphatic carboxylic acids is 1. The zero-order valence-electron chi connectivity index (χ0n) is 11.6. The van der Waals surface area contributed by atoms with Gasteiger partial charge in [-0.1, -0.05) is 0 Å². The lowest BCUT2D eigenvalue weighted by molar-refractivity contribution is -0.150. The molecule has 1 N–H and O–H groups in total. The van der Waals surface area contributed by atoms with Crippen molar-refractivity contribution in [3.8, 4) is 0 Å². The number of nitrogens with zero attached hydrogens (tertiary/aromatic N) is 3. The van der Waals surface area contributed by atoms with Crippen LogP contribution in [-0.4, -0.2) is 46.3 Å². The summed E-state index contributed by atoms with van der Waals surface area (Å²) < 4.78 is 5.44. The van der Waals surface area contributed by atoms with Gasteiger partial charge in [0.05, 0.1) is 13.1 Å². The fraction of sp³-hybridized carbons (Fsp3) is 0.643. The Morgan fingerprint density at radius 2 is 2.15 bits per heavy atom. The summed E-state index contributed by atoms with van der Waals surface area (Å²) in [6.07, 6.45) is 6.09. The van der Waals surface area contributed by atoms with E-state index in [1.807, 2.05) is 6.92 Å². The number of carboxylic acids is 1. The number of hydrogen-bond donors (Lipinski definition) is 1. The van der Waals surface area contributed by atoms with Gasteiger partial charge in [-0.25, -0.2) is 14.8 Å². The van der Waals surface area contributed by atoms with Gasteiger partial charge in [0.2, 0.25) is 0 Å². The number of aromatic nitrogens is 2. The minimum atomic E-state index is -0.927. The predicted octanol–water partition coefficient (Wildman–Crippen LogP) is 1.04. The smallest absolute Gasteiger partial charge is 0.329 e. The van der Waals surface area contributed by atoms with E-state index in [1.165, 1.54) is 24.1 Å². The lowest BCUT2D eigenvalue weighted by atomic mass is 9.92. The van der Waals surface area contributed by atoms with Gasteiger partial charge in [0.1, 0.15) is 24.4 Å². The normalized spacial score (nSPS) is 20.1. The molecule has 0 spiro atoms. The number of carboxylic acid groups (broad SMARTS) is 1. The average molecular weight is 277 g/mol. The van der Waals surface area contributed by atoms with Crippen LogP contribution in [0.25, 0.3) is 0 Å². The second-order valence-corrected chi connectivity index (χ2v) is 5.82. The summed E-state index contributed by atoms with van der Waals surface area (Å²) in [5.74, 6) is 0.0789. The molecule has 0 saturated carbocycles. The van der Waals surface area contributed by atoms with Crippen LogP contribution in [0, 0.1) is 0 Å². The van der Waals surface area contributed by atoms with Gasteiger partial charge in [-0.2, -0.15) is 0 Å². The topological polar surface area (TPSA) is 75.6 Å². The second kappa shape index (κ2) is 5.01. The highest BCUT2D eigenvalue weighted by molar-refractivity contribution is 5.68. The van der Waals surface area contributed by atoms with Crippen molar-refractivity contribution in [3.05, 3.63) is 17.6 Å². The summed E-state index contributed by atoms with van der Waals surface area (Å²) in [4.78, 5) is 21.5. The Hall–Kier alpha value is -1.69. The number of hydrogen-bond acceptors (Lipinski definition) is 5. The van der Waals surface area contributed by atoms with Crippen molar-refractivity contribution in [1.29, 1.82) is 0 Å². The lowest BCUT2D eigenvalue weighted by Gasteiger charge is -2.48. The first-order chi connectivity index (χ1) is 9.57. The standard InChI is InChI=1S/C14H19N3O3/c1-14(20-6-12(18)19)7-17(8-14)13-10-4-2-3-5-11(10)15-9-16-13/h9H,2-8H2,1H3,(H,18,19). The molecule has 0 aromatic carbocycles. The van der Waals surface area contributed by atoms with Crippen molar-refractivity contribution in [2.24, 2.45) is 0 Å². The number of rotatable bonds is 4. The van der Waals surface area contributed by atoms with Crippen LogP contribution < -0.4 is 4.90 Å². The van der Waals surface area contributed by atoms with E-state index < -0.39 is 5.97 Å². The fourth-order valence-electron chi connectivity index (χ4n) is 3.01. The van der Waals surface area contributed by atoms with Crippen LogP contribution in [0.15, 0.2) is 6.33 Å². The second-order valence-electron chi connectivity index (χ2n) is 5.82. The minimum Gasteiger partial charge on any atom is -0.480 e. The molecule has 1 aliphatic heterocycles. The zero-order chi connectivity index (χ0) is 14.2. The molecule has 0 radical (unpaired) electrons. The monoisotopic (exact) mass is 277 g/mol. The number of aryl methyl sites for hydroxylation is 1. The number of carbonyl (C=O) groups is 1. The maximum absolute atomic E-state index is 10.6. The summed E-state index contributed by atoms with van der Waals surface area (Å²) >= 11 is 0. The Kier molecular flexibility index (Phi) is 3.33. The van der Waals surface area contributed by atoms with E-state index >= 15 is 0 Å². The summed E-state index contributed by atoms with van der Waals surface area (Å²) in [5, 5.41) is 8.68. The Bertz CT molecular complexity index is 526. The molecule has 0 atom stereocenters. The molecule has 2 aliphatic rings. The summed E-state index contributed by atoms with van der Waals surface area (Å²) in [6.45, 7) is 3.07. The highest BCUT2D eigenvalue weighted by atomic mass is 16.5. The largest absolute Gasteiger partial charge is 0.480 e. The maximum Gasteiger partial charge on any atom is 0.329 e. The molecule has 3 rings (SSSR count). The molecule has 0 unspecified atom stereocenters. The highest BCUT2D eigenvalue weighted by Crippen LogP contribution is 2.34. The summed E-state index contributed by atoms with van der Waals surface area (Å²) in [7, 11) is 0. The van der Waals surface area contributed by atoms with Crippen molar-refractivity contribution in [1.82, 2.24) is 9.97 Å². The van der Waals surface area contributed by atoms with Crippen LogP contribution in [0.1, 0.15) is 31.0 Å². The van der Waals surface area contributed by atoms with Crippen molar-refractivity contribution < 1.29 is 14.6 Å². The van der Waals surface area contributed by atoms with Crippen LogP contribution in [0.5, 0.6) is 0 Å². The van der Waals surface area contributed by atoms with Crippen LogP contribution in [-0.2, 0) is 22.4 Å². The molecule has 1 saturated heterocycles. The van der Waals surface area contributed by atoms with Gasteiger partial charge < -0.3 is 14.7 Å². The van der Waals surface area contributed by atoms with Gasteiger partial charge in [-0.05, 0) is 32.6 Å². The molecule has 0 amide bonds. The van der Waals surface area contributed by atoms with Crippen molar-refractivity contribution in [3.63, 3.8) is 0 Å². The lowest BCUT2D eigenvalue weighted by Crippen LogP contribution is -2.62. The Balaban J connectivity index is 1.69. The first kappa shape index (κ1) is 13.3. The van der Waals surface area contributed by atoms with Crippen molar-refractivity contribution >= 4 is 11.8 Å². The van der Waals surface area contributed by atoms with E-state index in [1.54, 1.807) is 6.33 Å². The van der Waals surface area contributed by atoms with Gasteiger partial charge in [0.25, 0.3) is 0 Å². The van der Waals surface area contributed by atoms with E-state index in [0.717, 1.165) is 18.7 Å². The molecule has 6 nitrogen and oxygen atoms in total. The first-order valence-electron chi connectivity index (χ1n) is 7.01. The highest BCUT2D eigenvalue weighted by Gasteiger charge is 2.42. The molecule has 6 heteroatoms. The van der Waals surface area contributed by atoms with E-state index in [0.29, 0.717) is 13.1 Å². The molecular formula is C14H19N3O3. The number of ether oxygens (including phenoxy) is 1. The molecule has 0 bridgehead atoms. The third-order valence-corrected chi connectivity index (χ3v) is 4.00. The van der Waals surface area contributed by atoms with Crippen molar-refractivity contribution in [2.75, 3.05) is 24.6 Å². The van der Waals surface area contributed by atoms with Crippen LogP contribution in [0.4, 0.5) is 5.82 Å². The van der Waals surface area contributed by atoms with Crippen LogP contribution >= 0.6 is 0 Å². The SMILES string of the molecule is CC1(OCC(=O)O)CN(c2ncnc3c2CCCC3)C1. The first-order valence-corrected chi connectivity index (χ1v) is 7.01. The van der Waals surface area contributed by atoms with Gasteiger partial charge in [-0.3, -0.25) is 0 Å². The van der Waals surface area contributed by atoms with Crippen LogP contribution in [0.3, 0.4) is 0 Å². The molecule has 1 aromatic rings. The van der Waals surface area contributed by atoms with Gasteiger partial charge in [0.15, 0.2) is 0 Å². The predicted molar refractivity (Wildman–Crippen MR) is 72.9 cm³/mol. The Morgan fingerprint density at radius 1 is 1.40 bits per heavy atom. The third kappa shape index (κ3) is 2.47. The van der Waals surface area contributed by atoms with E-state index in [4.69, 9.17) is 9.84 Å². The Labute approximate surface area is 117 Å². The molecule has 1 aromatic heterocycles. The number of fused-ring (bicyclic) bond motifs is 1. The minimum absolute atomic E-state index is 0.244. The quantitative estimate of drug-likeness (QED) is 0.886. The Morgan fingerprint density at radius 3 is 2.90 bits per heavy atom. The van der Waals surface area contributed by atoms with E-state index in [2.05, 4.69) is 14.9 Å². The van der Waals surface area contributed by atoms with E-state index in [9.17, 15) is 4.79 Å².